The van der Waals surface area contributed by atoms with Crippen LogP contribution in [0.1, 0.15) is 23.4 Å². The van der Waals surface area contributed by atoms with Gasteiger partial charge in [-0.1, -0.05) is 0 Å². The van der Waals surface area contributed by atoms with Crippen LogP contribution in [0, 0.1) is 0 Å². The molecular formula is C19H19N5O3S. The molecule has 0 spiro atoms. The molecule has 1 atom stereocenters. The number of furan rings is 1. The molecule has 2 aromatic heterocycles. The van der Waals surface area contributed by atoms with Gasteiger partial charge in [-0.15, -0.1) is 10.2 Å². The summed E-state index contributed by atoms with van der Waals surface area (Å²) in [6.07, 6.45) is 4.53. The lowest BCUT2D eigenvalue weighted by Crippen LogP contribution is -2.43. The van der Waals surface area contributed by atoms with Crippen LogP contribution in [0.5, 0.6) is 0 Å². The second kappa shape index (κ2) is 7.89. The molecule has 2 amide bonds. The molecule has 144 valence electrons. The molecule has 3 heterocycles. The van der Waals surface area contributed by atoms with Crippen LogP contribution in [0.4, 0.5) is 5.69 Å². The first kappa shape index (κ1) is 18.3. The number of anilines is 1. The third-order valence-corrected chi connectivity index (χ3v) is 5.61. The third kappa shape index (κ3) is 3.79. The van der Waals surface area contributed by atoms with Crippen molar-refractivity contribution < 1.29 is 14.0 Å². The highest BCUT2D eigenvalue weighted by molar-refractivity contribution is 7.99. The minimum Gasteiger partial charge on any atom is -0.459 e. The van der Waals surface area contributed by atoms with Crippen LogP contribution in [0.25, 0.3) is 0 Å². The Balaban J connectivity index is 1.40. The topological polar surface area (TPSA) is 93.3 Å². The molecule has 1 unspecified atom stereocenters. The first-order valence-corrected chi connectivity index (χ1v) is 9.71. The molecule has 1 fully saturated rings. The van der Waals surface area contributed by atoms with Crippen LogP contribution in [0.3, 0.4) is 0 Å². The molecule has 1 aromatic carbocycles. The van der Waals surface area contributed by atoms with E-state index in [1.807, 2.05) is 35.9 Å². The summed E-state index contributed by atoms with van der Waals surface area (Å²) in [6.45, 7) is 0.547. The van der Waals surface area contributed by atoms with Gasteiger partial charge in [0.05, 0.1) is 6.26 Å². The smallest absolute Gasteiger partial charge is 0.290 e. The molecule has 0 radical (unpaired) electrons. The lowest BCUT2D eigenvalue weighted by Gasteiger charge is -2.23. The summed E-state index contributed by atoms with van der Waals surface area (Å²) < 4.78 is 7.02. The molecular weight excluding hydrogens is 378 g/mol. The molecule has 0 bridgehead atoms. The molecule has 1 aliphatic rings. The van der Waals surface area contributed by atoms with Gasteiger partial charge in [0, 0.05) is 24.2 Å². The van der Waals surface area contributed by atoms with Gasteiger partial charge in [0.1, 0.15) is 12.4 Å². The predicted octanol–water partition coefficient (Wildman–Crippen LogP) is 2.80. The monoisotopic (exact) mass is 397 g/mol. The minimum absolute atomic E-state index is 0.189. The summed E-state index contributed by atoms with van der Waals surface area (Å²) >= 11 is 1.49. The van der Waals surface area contributed by atoms with E-state index >= 15 is 0 Å². The number of amides is 2. The predicted molar refractivity (Wildman–Crippen MR) is 103 cm³/mol. The van der Waals surface area contributed by atoms with E-state index in [0.717, 1.165) is 16.5 Å². The standard InChI is InChI=1S/C19H19N5O3S/c1-23-12-20-22-19(23)28-14-8-6-13(7-9-14)21-17(25)15-4-2-10-24(15)18(26)16-5-3-11-27-16/h3,5-9,11-12,15H,2,4,10H2,1H3,(H,21,25). The van der Waals surface area contributed by atoms with E-state index in [4.69, 9.17) is 4.42 Å². The van der Waals surface area contributed by atoms with Crippen molar-refractivity contribution in [3.63, 3.8) is 0 Å². The van der Waals surface area contributed by atoms with Crippen LogP contribution >= 0.6 is 11.8 Å². The normalized spacial score (nSPS) is 16.3. The third-order valence-electron chi connectivity index (χ3n) is 4.55. The van der Waals surface area contributed by atoms with Gasteiger partial charge in [-0.25, -0.2) is 0 Å². The van der Waals surface area contributed by atoms with Crippen molar-refractivity contribution >= 4 is 29.3 Å². The summed E-state index contributed by atoms with van der Waals surface area (Å²) in [7, 11) is 1.88. The Morgan fingerprint density at radius 3 is 2.75 bits per heavy atom. The zero-order chi connectivity index (χ0) is 19.5. The summed E-state index contributed by atoms with van der Waals surface area (Å²) in [4.78, 5) is 27.8. The first-order valence-electron chi connectivity index (χ1n) is 8.89. The average Bonchev–Trinajstić information content (AvgIpc) is 3.45. The number of likely N-dealkylation sites (tertiary alicyclic amines) is 1. The molecule has 0 saturated carbocycles. The zero-order valence-corrected chi connectivity index (χ0v) is 16.1. The Morgan fingerprint density at radius 2 is 2.07 bits per heavy atom. The summed E-state index contributed by atoms with van der Waals surface area (Å²) in [5.74, 6) is -0.186. The van der Waals surface area contributed by atoms with Crippen molar-refractivity contribution in [2.24, 2.45) is 7.05 Å². The van der Waals surface area contributed by atoms with E-state index in [0.29, 0.717) is 18.7 Å². The maximum Gasteiger partial charge on any atom is 0.290 e. The Morgan fingerprint density at radius 1 is 1.25 bits per heavy atom. The van der Waals surface area contributed by atoms with Crippen molar-refractivity contribution in [1.29, 1.82) is 0 Å². The molecule has 8 nitrogen and oxygen atoms in total. The van der Waals surface area contributed by atoms with Crippen LogP contribution in [0.15, 0.2) is 63.5 Å². The first-order chi connectivity index (χ1) is 13.6. The van der Waals surface area contributed by atoms with Gasteiger partial charge in [0.15, 0.2) is 10.9 Å². The number of carbonyl (C=O) groups excluding carboxylic acids is 2. The minimum atomic E-state index is -0.495. The highest BCUT2D eigenvalue weighted by Crippen LogP contribution is 2.27. The number of nitrogens with one attached hydrogen (secondary N) is 1. The van der Waals surface area contributed by atoms with E-state index in [9.17, 15) is 9.59 Å². The lowest BCUT2D eigenvalue weighted by atomic mass is 10.2. The Kier molecular flexibility index (Phi) is 5.16. The van der Waals surface area contributed by atoms with Crippen molar-refractivity contribution in [2.75, 3.05) is 11.9 Å². The zero-order valence-electron chi connectivity index (χ0n) is 15.2. The second-order valence-electron chi connectivity index (χ2n) is 6.47. The Labute approximate surface area is 165 Å². The number of hydrogen-bond donors (Lipinski definition) is 1. The van der Waals surface area contributed by atoms with E-state index in [1.165, 1.54) is 18.0 Å². The van der Waals surface area contributed by atoms with Crippen molar-refractivity contribution in [3.05, 3.63) is 54.7 Å². The fraction of sp³-hybridized carbons (Fsp3) is 0.263. The van der Waals surface area contributed by atoms with E-state index in [1.54, 1.807) is 23.4 Å². The van der Waals surface area contributed by atoms with Crippen molar-refractivity contribution in [2.45, 2.75) is 28.9 Å². The van der Waals surface area contributed by atoms with E-state index in [-0.39, 0.29) is 17.6 Å². The quantitative estimate of drug-likeness (QED) is 0.712. The van der Waals surface area contributed by atoms with Gasteiger partial charge in [0.25, 0.3) is 5.91 Å². The van der Waals surface area contributed by atoms with Crippen molar-refractivity contribution in [1.82, 2.24) is 19.7 Å². The van der Waals surface area contributed by atoms with Gasteiger partial charge in [0.2, 0.25) is 5.91 Å². The molecule has 1 aliphatic heterocycles. The number of benzene rings is 1. The van der Waals surface area contributed by atoms with Gasteiger partial charge in [-0.05, 0) is 61.0 Å². The Hall–Kier alpha value is -3.07. The number of hydrogen-bond acceptors (Lipinski definition) is 6. The highest BCUT2D eigenvalue weighted by atomic mass is 32.2. The van der Waals surface area contributed by atoms with Crippen LogP contribution in [-0.2, 0) is 11.8 Å². The van der Waals surface area contributed by atoms with Crippen LogP contribution < -0.4 is 5.32 Å². The molecule has 9 heteroatoms. The fourth-order valence-electron chi connectivity index (χ4n) is 3.13. The van der Waals surface area contributed by atoms with Crippen molar-refractivity contribution in [3.8, 4) is 0 Å². The molecule has 28 heavy (non-hydrogen) atoms. The maximum absolute atomic E-state index is 12.7. The molecule has 0 aliphatic carbocycles. The molecule has 1 saturated heterocycles. The second-order valence-corrected chi connectivity index (χ2v) is 7.51. The Bertz CT molecular complexity index is 968. The number of nitrogens with zero attached hydrogens (tertiary/aromatic N) is 4. The summed E-state index contributed by atoms with van der Waals surface area (Å²) in [5, 5.41) is 11.6. The molecule has 4 rings (SSSR count). The number of carbonyl (C=O) groups is 2. The number of rotatable bonds is 5. The molecule has 3 aromatic rings. The lowest BCUT2D eigenvalue weighted by molar-refractivity contribution is -0.119. The van der Waals surface area contributed by atoms with E-state index in [2.05, 4.69) is 15.5 Å². The molecule has 1 N–H and O–H groups in total. The maximum atomic E-state index is 12.7. The average molecular weight is 397 g/mol. The van der Waals surface area contributed by atoms with Gasteiger partial charge < -0.3 is 19.2 Å². The van der Waals surface area contributed by atoms with E-state index < -0.39 is 6.04 Å². The van der Waals surface area contributed by atoms with Crippen LogP contribution in [0.2, 0.25) is 0 Å². The largest absolute Gasteiger partial charge is 0.459 e. The highest BCUT2D eigenvalue weighted by Gasteiger charge is 2.35. The number of aryl methyl sites for hydroxylation is 1. The fourth-order valence-corrected chi connectivity index (χ4v) is 3.89. The summed E-state index contributed by atoms with van der Waals surface area (Å²) in [5.41, 5.74) is 0.685. The van der Waals surface area contributed by atoms with Gasteiger partial charge in [-0.3, -0.25) is 9.59 Å². The SMILES string of the molecule is Cn1cnnc1Sc1ccc(NC(=O)C2CCCN2C(=O)c2ccco2)cc1. The van der Waals surface area contributed by atoms with Gasteiger partial charge in [-0.2, -0.15) is 0 Å². The van der Waals surface area contributed by atoms with Gasteiger partial charge >= 0.3 is 0 Å². The summed E-state index contributed by atoms with van der Waals surface area (Å²) in [6, 6.07) is 10.3. The van der Waals surface area contributed by atoms with Crippen LogP contribution in [-0.4, -0.2) is 44.1 Å². The number of aromatic nitrogens is 3.